The summed E-state index contributed by atoms with van der Waals surface area (Å²) in [5.74, 6) is 0.955. The molecule has 0 radical (unpaired) electrons. The molecule has 1 aliphatic heterocycles. The Hall–Kier alpha value is -3.85. The number of hydrogen-bond donors (Lipinski definition) is 1. The summed E-state index contributed by atoms with van der Waals surface area (Å²) in [6.45, 7) is 4.59. The number of benzene rings is 4. The van der Waals surface area contributed by atoms with Crippen molar-refractivity contribution in [1.82, 2.24) is 0 Å². The van der Waals surface area contributed by atoms with Gasteiger partial charge in [0.1, 0.15) is 18.4 Å². The van der Waals surface area contributed by atoms with Crippen molar-refractivity contribution in [2.45, 2.75) is 26.3 Å². The second kappa shape index (κ2) is 8.95. The SMILES string of the molecule is C/C=C\C(=C/CC)C1=NC(c2ccc3ccccc3c2-c2c(O)ccc3ccccc23)CO1. The third kappa shape index (κ3) is 3.80. The van der Waals surface area contributed by atoms with Crippen LogP contribution in [0.25, 0.3) is 32.7 Å². The second-order valence-corrected chi connectivity index (χ2v) is 8.26. The van der Waals surface area contributed by atoms with Crippen molar-refractivity contribution in [3.63, 3.8) is 0 Å². The Morgan fingerprint density at radius 3 is 2.30 bits per heavy atom. The van der Waals surface area contributed by atoms with Crippen LogP contribution < -0.4 is 0 Å². The Kier molecular flexibility index (Phi) is 5.70. The van der Waals surface area contributed by atoms with Gasteiger partial charge in [-0.2, -0.15) is 0 Å². The van der Waals surface area contributed by atoms with E-state index < -0.39 is 0 Å². The molecule has 1 N–H and O–H groups in total. The molecular weight excluding hydrogens is 406 g/mol. The number of phenolic OH excluding ortho intramolecular Hbond substituents is 1. The summed E-state index contributed by atoms with van der Waals surface area (Å²) in [5, 5.41) is 15.4. The van der Waals surface area contributed by atoms with E-state index in [1.165, 1.54) is 0 Å². The van der Waals surface area contributed by atoms with Crippen LogP contribution in [-0.2, 0) is 4.74 Å². The Morgan fingerprint density at radius 1 is 0.939 bits per heavy atom. The van der Waals surface area contributed by atoms with Crippen LogP contribution in [0.1, 0.15) is 31.9 Å². The smallest absolute Gasteiger partial charge is 0.216 e. The number of aliphatic imine (C=N–C) groups is 1. The lowest BCUT2D eigenvalue weighted by atomic mass is 9.87. The molecule has 1 unspecified atom stereocenters. The molecule has 5 rings (SSSR count). The molecule has 0 aromatic heterocycles. The number of hydrogen-bond acceptors (Lipinski definition) is 3. The van der Waals surface area contributed by atoms with Crippen LogP contribution in [0, 0.1) is 0 Å². The third-order valence-corrected chi connectivity index (χ3v) is 6.15. The molecule has 0 aliphatic carbocycles. The molecule has 0 saturated heterocycles. The largest absolute Gasteiger partial charge is 0.507 e. The fourth-order valence-electron chi connectivity index (χ4n) is 4.69. The highest BCUT2D eigenvalue weighted by molar-refractivity contribution is 6.09. The summed E-state index contributed by atoms with van der Waals surface area (Å²) in [5.41, 5.74) is 3.94. The lowest BCUT2D eigenvalue weighted by Gasteiger charge is -2.18. The predicted molar refractivity (Wildman–Crippen MR) is 138 cm³/mol. The van der Waals surface area contributed by atoms with Crippen molar-refractivity contribution in [1.29, 1.82) is 0 Å². The van der Waals surface area contributed by atoms with Gasteiger partial charge in [0.2, 0.25) is 5.90 Å². The highest BCUT2D eigenvalue weighted by atomic mass is 16.5. The molecule has 0 spiro atoms. The first kappa shape index (κ1) is 21.0. The van der Waals surface area contributed by atoms with Crippen molar-refractivity contribution in [3.8, 4) is 16.9 Å². The van der Waals surface area contributed by atoms with Gasteiger partial charge in [-0.25, -0.2) is 4.99 Å². The highest BCUT2D eigenvalue weighted by Gasteiger charge is 2.27. The lowest BCUT2D eigenvalue weighted by molar-refractivity contribution is 0.320. The van der Waals surface area contributed by atoms with E-state index in [2.05, 4.69) is 49.4 Å². The number of nitrogens with zero attached hydrogens (tertiary/aromatic N) is 1. The van der Waals surface area contributed by atoms with Gasteiger partial charge in [-0.3, -0.25) is 0 Å². The average molecular weight is 434 g/mol. The normalized spacial score (nSPS) is 16.5. The molecule has 3 nitrogen and oxygen atoms in total. The average Bonchev–Trinajstić information content (AvgIpc) is 3.33. The van der Waals surface area contributed by atoms with Crippen molar-refractivity contribution in [2.75, 3.05) is 6.61 Å². The molecular formula is C30H27NO2. The van der Waals surface area contributed by atoms with Gasteiger partial charge in [0.15, 0.2) is 0 Å². The van der Waals surface area contributed by atoms with E-state index in [0.717, 1.165) is 50.2 Å². The van der Waals surface area contributed by atoms with Crippen LogP contribution in [0.3, 0.4) is 0 Å². The molecule has 4 aromatic carbocycles. The van der Waals surface area contributed by atoms with Gasteiger partial charge >= 0.3 is 0 Å². The monoisotopic (exact) mass is 433 g/mol. The lowest BCUT2D eigenvalue weighted by Crippen LogP contribution is -2.03. The highest BCUT2D eigenvalue weighted by Crippen LogP contribution is 2.45. The van der Waals surface area contributed by atoms with Crippen molar-refractivity contribution in [2.24, 2.45) is 4.99 Å². The zero-order chi connectivity index (χ0) is 22.8. The summed E-state index contributed by atoms with van der Waals surface area (Å²) in [6.07, 6.45) is 7.11. The van der Waals surface area contributed by atoms with Gasteiger partial charge < -0.3 is 9.84 Å². The molecule has 164 valence electrons. The molecule has 1 heterocycles. The summed E-state index contributed by atoms with van der Waals surface area (Å²) in [4.78, 5) is 4.99. The zero-order valence-corrected chi connectivity index (χ0v) is 19.0. The number of aromatic hydroxyl groups is 1. The number of phenols is 1. The first-order valence-electron chi connectivity index (χ1n) is 11.5. The fourth-order valence-corrected chi connectivity index (χ4v) is 4.69. The Morgan fingerprint density at radius 2 is 1.61 bits per heavy atom. The first-order valence-corrected chi connectivity index (χ1v) is 11.5. The quantitative estimate of drug-likeness (QED) is 0.327. The van der Waals surface area contributed by atoms with E-state index in [4.69, 9.17) is 9.73 Å². The van der Waals surface area contributed by atoms with Gasteiger partial charge in [0.25, 0.3) is 0 Å². The summed E-state index contributed by atoms with van der Waals surface area (Å²) in [7, 11) is 0. The molecule has 0 saturated carbocycles. The maximum atomic E-state index is 11.1. The van der Waals surface area contributed by atoms with Gasteiger partial charge in [0.05, 0.1) is 0 Å². The summed E-state index contributed by atoms with van der Waals surface area (Å²) < 4.78 is 6.08. The van der Waals surface area contributed by atoms with Crippen LogP contribution >= 0.6 is 0 Å². The molecule has 1 aliphatic rings. The summed E-state index contributed by atoms with van der Waals surface area (Å²) in [6, 6.07) is 24.4. The third-order valence-electron chi connectivity index (χ3n) is 6.15. The van der Waals surface area contributed by atoms with Crippen LogP contribution in [-0.4, -0.2) is 17.6 Å². The van der Waals surface area contributed by atoms with Crippen LogP contribution in [0.2, 0.25) is 0 Å². The molecule has 33 heavy (non-hydrogen) atoms. The number of ether oxygens (including phenoxy) is 1. The fraction of sp³-hybridized carbons (Fsp3) is 0.167. The maximum absolute atomic E-state index is 11.1. The van der Waals surface area contributed by atoms with Crippen LogP contribution in [0.15, 0.2) is 102 Å². The van der Waals surface area contributed by atoms with Crippen molar-refractivity contribution >= 4 is 27.4 Å². The van der Waals surface area contributed by atoms with Crippen LogP contribution in [0.5, 0.6) is 5.75 Å². The van der Waals surface area contributed by atoms with Gasteiger partial charge in [-0.1, -0.05) is 91.9 Å². The Labute approximate surface area is 194 Å². The van der Waals surface area contributed by atoms with Crippen molar-refractivity contribution < 1.29 is 9.84 Å². The van der Waals surface area contributed by atoms with E-state index in [9.17, 15) is 5.11 Å². The minimum Gasteiger partial charge on any atom is -0.507 e. The summed E-state index contributed by atoms with van der Waals surface area (Å²) >= 11 is 0. The van der Waals surface area contributed by atoms with E-state index in [0.29, 0.717) is 12.5 Å². The number of allylic oxidation sites excluding steroid dienone is 2. The number of rotatable bonds is 5. The van der Waals surface area contributed by atoms with Gasteiger partial charge in [0, 0.05) is 11.1 Å². The predicted octanol–water partition coefficient (Wildman–Crippen LogP) is 7.75. The van der Waals surface area contributed by atoms with E-state index in [1.807, 2.05) is 49.4 Å². The van der Waals surface area contributed by atoms with Gasteiger partial charge in [-0.15, -0.1) is 0 Å². The molecule has 0 amide bonds. The maximum Gasteiger partial charge on any atom is 0.216 e. The first-order chi connectivity index (χ1) is 16.2. The molecule has 0 fully saturated rings. The van der Waals surface area contributed by atoms with E-state index >= 15 is 0 Å². The van der Waals surface area contributed by atoms with Crippen molar-refractivity contribution in [3.05, 3.63) is 102 Å². The molecule has 4 aromatic rings. The number of fused-ring (bicyclic) bond motifs is 2. The zero-order valence-electron chi connectivity index (χ0n) is 19.0. The van der Waals surface area contributed by atoms with Crippen LogP contribution in [0.4, 0.5) is 0 Å². The Balaban J connectivity index is 1.77. The van der Waals surface area contributed by atoms with E-state index in [-0.39, 0.29) is 11.8 Å². The standard InChI is InChI=1S/C30H27NO2/c1-3-9-22(10-4-2)30-31-26(19-33-30)25-17-15-20-11-5-7-13-23(20)28(25)29-24-14-8-6-12-21(24)16-18-27(29)32/h3,5-18,26,32H,4,19H2,1-2H3/b9-3-,22-10+. The van der Waals surface area contributed by atoms with E-state index in [1.54, 1.807) is 6.07 Å². The molecule has 3 heteroatoms. The second-order valence-electron chi connectivity index (χ2n) is 8.26. The Bertz CT molecular complexity index is 1430. The molecule has 1 atom stereocenters. The minimum atomic E-state index is -0.150. The minimum absolute atomic E-state index is 0.150. The topological polar surface area (TPSA) is 41.8 Å². The molecule has 0 bridgehead atoms. The van der Waals surface area contributed by atoms with Gasteiger partial charge in [-0.05, 0) is 52.1 Å².